The van der Waals surface area contributed by atoms with Gasteiger partial charge in [0.15, 0.2) is 0 Å². The van der Waals surface area contributed by atoms with Crippen molar-refractivity contribution in [2.24, 2.45) is 0 Å². The standard InChI is InChI=1S/C15H18ClF2I/c1-12-4-6-14(7-5-12)19(18)11-13(16)10-15(17)8-2-3-9-15/h4-7,11H,2-3,8-10H2,1H3/b13-11+. The van der Waals surface area contributed by atoms with E-state index in [-0.39, 0.29) is 6.42 Å². The molecular formula is C15H18ClF2I. The van der Waals surface area contributed by atoms with Gasteiger partial charge in [-0.15, -0.1) is 0 Å². The summed E-state index contributed by atoms with van der Waals surface area (Å²) in [7, 11) is 0. The number of allylic oxidation sites excluding steroid dienone is 1. The Morgan fingerprint density at radius 2 is 1.89 bits per heavy atom. The Kier molecular flexibility index (Phi) is 5.23. The Balaban J connectivity index is 2.01. The molecule has 0 N–H and O–H groups in total. The molecule has 0 saturated heterocycles. The molecule has 0 amide bonds. The molecule has 0 aliphatic heterocycles. The summed E-state index contributed by atoms with van der Waals surface area (Å²) in [5.41, 5.74) is -0.0885. The molecule has 0 bridgehead atoms. The maximum atomic E-state index is 14.2. The van der Waals surface area contributed by atoms with Crippen LogP contribution in [0, 0.1) is 10.5 Å². The van der Waals surface area contributed by atoms with Gasteiger partial charge in [0, 0.05) is 0 Å². The van der Waals surface area contributed by atoms with Crippen LogP contribution in [0.25, 0.3) is 0 Å². The maximum absolute atomic E-state index is 14.2. The molecule has 1 aliphatic rings. The first-order valence-corrected chi connectivity index (χ1v) is 9.97. The van der Waals surface area contributed by atoms with Crippen molar-refractivity contribution in [3.8, 4) is 0 Å². The first-order chi connectivity index (χ1) is 8.98. The molecule has 0 heterocycles. The van der Waals surface area contributed by atoms with Crippen molar-refractivity contribution < 1.29 is 7.25 Å². The number of aryl methyl sites for hydroxylation is 1. The predicted molar refractivity (Wildman–Crippen MR) is 85.9 cm³/mol. The predicted octanol–water partition coefficient (Wildman–Crippen LogP) is 6.31. The molecule has 0 nitrogen and oxygen atoms in total. The zero-order chi connectivity index (χ0) is 13.9. The summed E-state index contributed by atoms with van der Waals surface area (Å²) in [5, 5.41) is 0.359. The van der Waals surface area contributed by atoms with E-state index < -0.39 is 26.1 Å². The monoisotopic (exact) mass is 398 g/mol. The van der Waals surface area contributed by atoms with Crippen LogP contribution in [-0.4, -0.2) is 5.67 Å². The molecule has 0 aromatic heterocycles. The Morgan fingerprint density at radius 3 is 2.47 bits per heavy atom. The van der Waals surface area contributed by atoms with E-state index in [4.69, 9.17) is 11.6 Å². The second-order valence-corrected chi connectivity index (χ2v) is 9.00. The van der Waals surface area contributed by atoms with Gasteiger partial charge in [0.25, 0.3) is 0 Å². The molecule has 4 heteroatoms. The van der Waals surface area contributed by atoms with Crippen LogP contribution < -0.4 is 0 Å². The summed E-state index contributed by atoms with van der Waals surface area (Å²) in [4.78, 5) is 0. The molecule has 106 valence electrons. The summed E-state index contributed by atoms with van der Waals surface area (Å²) in [6.45, 7) is 1.97. The molecule has 1 aromatic carbocycles. The zero-order valence-electron chi connectivity index (χ0n) is 10.9. The number of rotatable bonds is 4. The van der Waals surface area contributed by atoms with Crippen LogP contribution in [0.4, 0.5) is 7.25 Å². The molecule has 0 atom stereocenters. The van der Waals surface area contributed by atoms with Gasteiger partial charge in [-0.05, 0) is 0 Å². The number of hydrogen-bond donors (Lipinski definition) is 0. The minimum absolute atomic E-state index is 0.179. The van der Waals surface area contributed by atoms with Crippen molar-refractivity contribution in [3.63, 3.8) is 0 Å². The van der Waals surface area contributed by atoms with Gasteiger partial charge in [-0.25, -0.2) is 0 Å². The molecule has 0 unspecified atom stereocenters. The van der Waals surface area contributed by atoms with Crippen molar-refractivity contribution in [2.75, 3.05) is 0 Å². The quantitative estimate of drug-likeness (QED) is 0.521. The Hall–Kier alpha value is -0.160. The second-order valence-electron chi connectivity index (χ2n) is 5.15. The molecule has 0 spiro atoms. The first-order valence-electron chi connectivity index (χ1n) is 6.45. The van der Waals surface area contributed by atoms with Gasteiger partial charge < -0.3 is 0 Å². The minimum atomic E-state index is -2.87. The van der Waals surface area contributed by atoms with Gasteiger partial charge in [-0.3, -0.25) is 0 Å². The van der Waals surface area contributed by atoms with Crippen LogP contribution in [0.15, 0.2) is 33.4 Å². The molecule has 1 aromatic rings. The van der Waals surface area contributed by atoms with E-state index in [9.17, 15) is 7.25 Å². The average Bonchev–Trinajstić information content (AvgIpc) is 2.76. The fraction of sp³-hybridized carbons (Fsp3) is 0.467. The van der Waals surface area contributed by atoms with Crippen LogP contribution in [0.2, 0.25) is 0 Å². The van der Waals surface area contributed by atoms with Crippen molar-refractivity contribution in [1.29, 1.82) is 0 Å². The second kappa shape index (κ2) is 6.53. The number of alkyl halides is 1. The summed E-state index contributed by atoms with van der Waals surface area (Å²) >= 11 is 3.17. The molecule has 0 radical (unpaired) electrons. The Morgan fingerprint density at radius 1 is 1.32 bits per heavy atom. The molecule has 19 heavy (non-hydrogen) atoms. The summed E-state index contributed by atoms with van der Waals surface area (Å²) in [6.07, 6.45) is 3.12. The third-order valence-corrected chi connectivity index (χ3v) is 7.24. The van der Waals surface area contributed by atoms with E-state index in [0.29, 0.717) is 21.4 Å². The Bertz CT molecular complexity index is 450. The third kappa shape index (κ3) is 4.42. The van der Waals surface area contributed by atoms with E-state index in [1.165, 1.54) is 4.08 Å². The fourth-order valence-electron chi connectivity index (χ4n) is 2.35. The van der Waals surface area contributed by atoms with Gasteiger partial charge >= 0.3 is 126 Å². The van der Waals surface area contributed by atoms with Crippen LogP contribution in [0.3, 0.4) is 0 Å². The van der Waals surface area contributed by atoms with Crippen LogP contribution in [0.5, 0.6) is 0 Å². The Labute approximate surface area is 126 Å². The van der Waals surface area contributed by atoms with Crippen molar-refractivity contribution in [2.45, 2.75) is 44.7 Å². The van der Waals surface area contributed by atoms with Gasteiger partial charge in [0.2, 0.25) is 0 Å². The molecule has 1 saturated carbocycles. The zero-order valence-corrected chi connectivity index (χ0v) is 13.8. The van der Waals surface area contributed by atoms with Gasteiger partial charge in [-0.1, -0.05) is 0 Å². The van der Waals surface area contributed by atoms with E-state index in [1.54, 1.807) is 0 Å². The number of benzene rings is 1. The van der Waals surface area contributed by atoms with E-state index >= 15 is 0 Å². The molecule has 1 aliphatic carbocycles. The molecule has 2 rings (SSSR count). The fourth-order valence-corrected chi connectivity index (χ4v) is 5.29. The van der Waals surface area contributed by atoms with Crippen LogP contribution in [-0.2, 0) is 0 Å². The summed E-state index contributed by atoms with van der Waals surface area (Å²) in [6, 6.07) is 7.41. The molecular weight excluding hydrogens is 381 g/mol. The van der Waals surface area contributed by atoms with Crippen molar-refractivity contribution >= 4 is 32.0 Å². The van der Waals surface area contributed by atoms with E-state index in [1.807, 2.05) is 31.2 Å². The van der Waals surface area contributed by atoms with Gasteiger partial charge in [0.1, 0.15) is 0 Å². The topological polar surface area (TPSA) is 0 Å². The SMILES string of the molecule is Cc1ccc(I(F)/C=C(/Cl)CC2(F)CCCC2)cc1. The number of halogens is 4. The average molecular weight is 399 g/mol. The first kappa shape index (κ1) is 15.2. The summed E-state index contributed by atoms with van der Waals surface area (Å²) in [5.74, 6) is 0. The van der Waals surface area contributed by atoms with Crippen molar-refractivity contribution in [1.82, 2.24) is 0 Å². The van der Waals surface area contributed by atoms with Crippen LogP contribution >= 0.6 is 32.0 Å². The molecule has 1 fully saturated rings. The summed E-state index contributed by atoms with van der Waals surface area (Å²) < 4.78 is 30.6. The van der Waals surface area contributed by atoms with Gasteiger partial charge in [-0.2, -0.15) is 0 Å². The van der Waals surface area contributed by atoms with Gasteiger partial charge in [0.05, 0.1) is 0 Å². The number of hydrogen-bond acceptors (Lipinski definition) is 0. The van der Waals surface area contributed by atoms with Crippen LogP contribution in [0.1, 0.15) is 37.7 Å². The van der Waals surface area contributed by atoms with E-state index in [0.717, 1.165) is 18.4 Å². The van der Waals surface area contributed by atoms with Crippen molar-refractivity contribution in [3.05, 3.63) is 42.5 Å². The third-order valence-electron chi connectivity index (χ3n) is 3.42. The van der Waals surface area contributed by atoms with E-state index in [2.05, 4.69) is 0 Å². The normalized spacial score (nSPS) is 19.6.